The Morgan fingerprint density at radius 1 is 1.32 bits per heavy atom. The summed E-state index contributed by atoms with van der Waals surface area (Å²) < 4.78 is 14.5. The van der Waals surface area contributed by atoms with Gasteiger partial charge in [-0.2, -0.15) is 5.10 Å². The van der Waals surface area contributed by atoms with E-state index >= 15 is 0 Å². The molecule has 0 saturated heterocycles. The van der Waals surface area contributed by atoms with Gasteiger partial charge in [0.25, 0.3) is 5.91 Å². The summed E-state index contributed by atoms with van der Waals surface area (Å²) in [4.78, 5) is 12.1. The molecule has 2 N–H and O–H groups in total. The minimum absolute atomic E-state index is 0.208. The van der Waals surface area contributed by atoms with Crippen molar-refractivity contribution in [3.8, 4) is 5.69 Å². The van der Waals surface area contributed by atoms with E-state index in [9.17, 15) is 9.18 Å². The average Bonchev–Trinajstić information content (AvgIpc) is 3.04. The summed E-state index contributed by atoms with van der Waals surface area (Å²) in [5, 5.41) is 10.3. The van der Waals surface area contributed by atoms with Crippen molar-refractivity contribution in [3.63, 3.8) is 0 Å². The van der Waals surface area contributed by atoms with Crippen LogP contribution in [0.5, 0.6) is 0 Å². The normalized spacial score (nSPS) is 14.5. The monoisotopic (exact) mass is 300 g/mol. The number of aromatic nitrogens is 2. The molecule has 2 aromatic rings. The number of carbonyl (C=O) groups excluding carboxylic acids is 1. The lowest BCUT2D eigenvalue weighted by molar-refractivity contribution is 0.0951. The number of nitrogens with one attached hydrogen (secondary N) is 2. The molecule has 0 bridgehead atoms. The van der Waals surface area contributed by atoms with E-state index in [1.165, 1.54) is 17.7 Å². The third-order valence-electron chi connectivity index (χ3n) is 3.55. The van der Waals surface area contributed by atoms with Crippen molar-refractivity contribution in [1.29, 1.82) is 0 Å². The summed E-state index contributed by atoms with van der Waals surface area (Å²) in [6.07, 6.45) is 4.73. The van der Waals surface area contributed by atoms with Gasteiger partial charge in [0.15, 0.2) is 5.69 Å². The van der Waals surface area contributed by atoms with Crippen molar-refractivity contribution >= 4 is 5.91 Å². The van der Waals surface area contributed by atoms with Crippen LogP contribution in [0.15, 0.2) is 48.2 Å². The third kappa shape index (κ3) is 3.40. The fourth-order valence-electron chi connectivity index (χ4n) is 2.30. The molecule has 0 atom stereocenters. The van der Waals surface area contributed by atoms with E-state index in [0.717, 1.165) is 19.5 Å². The Kier molecular flexibility index (Phi) is 4.29. The second-order valence-corrected chi connectivity index (χ2v) is 5.12. The van der Waals surface area contributed by atoms with E-state index in [4.69, 9.17) is 0 Å². The zero-order chi connectivity index (χ0) is 15.4. The number of hydrogen-bond acceptors (Lipinski definition) is 3. The standard InChI is InChI=1S/C16H17FN4O/c17-13-1-3-14(4-2-13)21-10-7-15(20-21)16(22)19-11-12-5-8-18-9-6-12/h1-5,7,10,18H,6,8-9,11H2,(H,19,22). The van der Waals surface area contributed by atoms with Gasteiger partial charge in [-0.05, 0) is 43.3 Å². The van der Waals surface area contributed by atoms with Gasteiger partial charge in [0.1, 0.15) is 5.82 Å². The molecule has 6 heteroatoms. The highest BCUT2D eigenvalue weighted by atomic mass is 19.1. The van der Waals surface area contributed by atoms with Crippen LogP contribution in [0.2, 0.25) is 0 Å². The predicted octanol–water partition coefficient (Wildman–Crippen LogP) is 1.66. The maximum absolute atomic E-state index is 12.9. The fourth-order valence-corrected chi connectivity index (χ4v) is 2.30. The Labute approximate surface area is 127 Å². The average molecular weight is 300 g/mol. The summed E-state index contributed by atoms with van der Waals surface area (Å²) in [5.41, 5.74) is 2.28. The molecule has 114 valence electrons. The lowest BCUT2D eigenvalue weighted by atomic mass is 10.1. The van der Waals surface area contributed by atoms with Crippen LogP contribution in [0.25, 0.3) is 5.69 Å². The number of amides is 1. The summed E-state index contributed by atoms with van der Waals surface area (Å²) in [6, 6.07) is 7.60. The predicted molar refractivity (Wildman–Crippen MR) is 81.4 cm³/mol. The minimum Gasteiger partial charge on any atom is -0.347 e. The van der Waals surface area contributed by atoms with Gasteiger partial charge in [-0.15, -0.1) is 0 Å². The maximum atomic E-state index is 12.9. The van der Waals surface area contributed by atoms with Gasteiger partial charge in [-0.1, -0.05) is 11.6 Å². The maximum Gasteiger partial charge on any atom is 0.272 e. The molecule has 1 aliphatic heterocycles. The molecule has 0 unspecified atom stereocenters. The van der Waals surface area contributed by atoms with E-state index in [-0.39, 0.29) is 11.7 Å². The lowest BCUT2D eigenvalue weighted by Gasteiger charge is -2.14. The van der Waals surface area contributed by atoms with E-state index < -0.39 is 0 Å². The number of hydrogen-bond donors (Lipinski definition) is 2. The van der Waals surface area contributed by atoms with Crippen molar-refractivity contribution < 1.29 is 9.18 Å². The zero-order valence-electron chi connectivity index (χ0n) is 12.1. The quantitative estimate of drug-likeness (QED) is 0.844. The second kappa shape index (κ2) is 6.53. The molecule has 1 aromatic carbocycles. The number of carbonyl (C=O) groups is 1. The molecule has 1 amide bonds. The minimum atomic E-state index is -0.302. The van der Waals surface area contributed by atoms with Crippen molar-refractivity contribution in [2.75, 3.05) is 19.6 Å². The van der Waals surface area contributed by atoms with E-state index in [0.29, 0.717) is 17.9 Å². The SMILES string of the molecule is O=C(NCC1=CCNCC1)c1ccn(-c2ccc(F)cc2)n1. The van der Waals surface area contributed by atoms with Gasteiger partial charge in [0, 0.05) is 19.3 Å². The Bertz CT molecular complexity index is 690. The number of benzene rings is 1. The fraction of sp³-hybridized carbons (Fsp3) is 0.250. The van der Waals surface area contributed by atoms with Crippen LogP contribution in [0.4, 0.5) is 4.39 Å². The molecule has 0 radical (unpaired) electrons. The molecule has 22 heavy (non-hydrogen) atoms. The van der Waals surface area contributed by atoms with Crippen molar-refractivity contribution in [3.05, 3.63) is 59.7 Å². The highest BCUT2D eigenvalue weighted by Gasteiger charge is 2.11. The first-order valence-electron chi connectivity index (χ1n) is 7.21. The molecular weight excluding hydrogens is 283 g/mol. The van der Waals surface area contributed by atoms with Crippen molar-refractivity contribution in [2.45, 2.75) is 6.42 Å². The Morgan fingerprint density at radius 2 is 2.14 bits per heavy atom. The van der Waals surface area contributed by atoms with E-state index in [2.05, 4.69) is 21.8 Å². The van der Waals surface area contributed by atoms with Gasteiger partial charge in [-0.3, -0.25) is 4.79 Å². The summed E-state index contributed by atoms with van der Waals surface area (Å²) >= 11 is 0. The molecule has 1 aliphatic rings. The Balaban J connectivity index is 1.64. The molecule has 5 nitrogen and oxygen atoms in total. The zero-order valence-corrected chi connectivity index (χ0v) is 12.1. The van der Waals surface area contributed by atoms with Crippen LogP contribution in [0, 0.1) is 5.82 Å². The highest BCUT2D eigenvalue weighted by molar-refractivity contribution is 5.92. The third-order valence-corrected chi connectivity index (χ3v) is 3.55. The van der Waals surface area contributed by atoms with Crippen LogP contribution in [-0.2, 0) is 0 Å². The van der Waals surface area contributed by atoms with Crippen molar-refractivity contribution in [2.24, 2.45) is 0 Å². The smallest absolute Gasteiger partial charge is 0.272 e. The van der Waals surface area contributed by atoms with Crippen LogP contribution >= 0.6 is 0 Å². The molecule has 3 rings (SSSR count). The number of halogens is 1. The summed E-state index contributed by atoms with van der Waals surface area (Å²) in [7, 11) is 0. The largest absolute Gasteiger partial charge is 0.347 e. The molecular formula is C16H17FN4O. The molecule has 0 spiro atoms. The number of nitrogens with zero attached hydrogens (tertiary/aromatic N) is 2. The number of rotatable bonds is 4. The van der Waals surface area contributed by atoms with Gasteiger partial charge >= 0.3 is 0 Å². The highest BCUT2D eigenvalue weighted by Crippen LogP contribution is 2.09. The van der Waals surface area contributed by atoms with Gasteiger partial charge in [-0.25, -0.2) is 9.07 Å². The molecule has 1 aromatic heterocycles. The molecule has 2 heterocycles. The van der Waals surface area contributed by atoms with Gasteiger partial charge in [0.2, 0.25) is 0 Å². The second-order valence-electron chi connectivity index (χ2n) is 5.12. The van der Waals surface area contributed by atoms with E-state index in [1.807, 2.05) is 0 Å². The topological polar surface area (TPSA) is 59.0 Å². The lowest BCUT2D eigenvalue weighted by Crippen LogP contribution is -2.29. The van der Waals surface area contributed by atoms with Crippen LogP contribution in [0.3, 0.4) is 0 Å². The van der Waals surface area contributed by atoms with Crippen LogP contribution in [-0.4, -0.2) is 35.3 Å². The summed E-state index contributed by atoms with van der Waals surface area (Å²) in [5.74, 6) is -0.510. The molecule has 0 aliphatic carbocycles. The Hall–Kier alpha value is -2.47. The first-order chi connectivity index (χ1) is 10.7. The van der Waals surface area contributed by atoms with E-state index in [1.54, 1.807) is 29.1 Å². The molecule has 0 fully saturated rings. The van der Waals surface area contributed by atoms with Gasteiger partial charge < -0.3 is 10.6 Å². The summed E-state index contributed by atoms with van der Waals surface area (Å²) in [6.45, 7) is 2.34. The Morgan fingerprint density at radius 3 is 2.86 bits per heavy atom. The van der Waals surface area contributed by atoms with Gasteiger partial charge in [0.05, 0.1) is 5.69 Å². The molecule has 0 saturated carbocycles. The van der Waals surface area contributed by atoms with Crippen LogP contribution in [0.1, 0.15) is 16.9 Å². The van der Waals surface area contributed by atoms with Crippen molar-refractivity contribution in [1.82, 2.24) is 20.4 Å². The van der Waals surface area contributed by atoms with Crippen LogP contribution < -0.4 is 10.6 Å². The first kappa shape index (κ1) is 14.5. The first-order valence-corrected chi connectivity index (χ1v) is 7.21.